The molecule has 4 aliphatic rings. The first-order valence-corrected chi connectivity index (χ1v) is 44.6. The summed E-state index contributed by atoms with van der Waals surface area (Å²) < 4.78 is 2.58. The lowest BCUT2D eigenvalue weighted by molar-refractivity contribution is 0.179. The molecule has 0 N–H and O–H groups in total. The van der Waals surface area contributed by atoms with Crippen LogP contribution in [0.15, 0.2) is 364 Å². The normalized spacial score (nSPS) is 16.2. The van der Waals surface area contributed by atoms with E-state index in [1.165, 1.54) is 109 Å². The molecule has 3 aliphatic heterocycles. The zero-order chi connectivity index (χ0) is 83.7. The molecule has 123 heavy (non-hydrogen) atoms. The Balaban J connectivity index is 0.911. The van der Waals surface area contributed by atoms with Gasteiger partial charge in [0.15, 0.2) is 0 Å². The van der Waals surface area contributed by atoms with Crippen LogP contribution in [-0.4, -0.2) is 23.4 Å². The van der Waals surface area contributed by atoms with E-state index in [1.54, 1.807) is 0 Å². The number of rotatable bonds is 13. The van der Waals surface area contributed by atoms with Crippen molar-refractivity contribution in [1.29, 1.82) is 0 Å². The summed E-state index contributed by atoms with van der Waals surface area (Å²) in [4.78, 5) is 8.41. The van der Waals surface area contributed by atoms with Crippen LogP contribution in [0.1, 0.15) is 119 Å². The summed E-state index contributed by atoms with van der Waals surface area (Å²) in [7, 11) is 0. The van der Waals surface area contributed by atoms with E-state index in [1.807, 2.05) is 0 Å². The van der Waals surface area contributed by atoms with Crippen LogP contribution >= 0.6 is 0 Å². The minimum atomic E-state index is -0.267. The van der Waals surface area contributed by atoms with Crippen molar-refractivity contribution in [3.05, 3.63) is 381 Å². The highest BCUT2D eigenvalue weighted by atomic mass is 15.2. The first kappa shape index (κ1) is 77.1. The van der Waals surface area contributed by atoms with E-state index in [-0.39, 0.29) is 23.0 Å². The summed E-state index contributed by atoms with van der Waals surface area (Å²) in [5, 5.41) is 2.41. The van der Waals surface area contributed by atoms with Gasteiger partial charge in [0.05, 0.1) is 22.4 Å². The van der Waals surface area contributed by atoms with Crippen molar-refractivity contribution >= 4 is 84.7 Å². The smallest absolute Gasteiger partial charge is 0.252 e. The predicted octanol–water partition coefficient (Wildman–Crippen LogP) is 30.2. The second-order valence-corrected chi connectivity index (χ2v) is 38.7. The fourth-order valence-corrected chi connectivity index (χ4v) is 21.3. The summed E-state index contributed by atoms with van der Waals surface area (Å²) in [6, 6.07) is 141. The van der Waals surface area contributed by atoms with Crippen LogP contribution in [0.25, 0.3) is 128 Å². The zero-order valence-corrected chi connectivity index (χ0v) is 72.6. The van der Waals surface area contributed by atoms with Gasteiger partial charge in [0.1, 0.15) is 0 Å². The van der Waals surface area contributed by atoms with Crippen molar-refractivity contribution in [3.8, 4) is 106 Å². The molecular formula is C118H105BN4. The largest absolute Gasteiger partial charge is 0.366 e. The number of anilines is 7. The van der Waals surface area contributed by atoms with Gasteiger partial charge in [-0.3, -0.25) is 0 Å². The summed E-state index contributed by atoms with van der Waals surface area (Å²) >= 11 is 0. The Labute approximate surface area is 727 Å². The first-order valence-electron chi connectivity index (χ1n) is 44.6. The minimum absolute atomic E-state index is 0.0218. The van der Waals surface area contributed by atoms with Crippen LogP contribution in [0.3, 0.4) is 0 Å². The third kappa shape index (κ3) is 13.9. The highest BCUT2D eigenvalue weighted by Crippen LogP contribution is 2.57. The molecule has 0 spiro atoms. The summed E-state index contributed by atoms with van der Waals surface area (Å²) in [5.74, 6) is 1.38. The van der Waals surface area contributed by atoms with Crippen LogP contribution in [0.5, 0.6) is 0 Å². The molecule has 2 fully saturated rings. The molecule has 17 aromatic rings. The number of piperidine rings is 1. The number of aromatic nitrogens is 1. The Bertz CT molecular complexity index is 6630. The average molecular weight is 1590 g/mol. The summed E-state index contributed by atoms with van der Waals surface area (Å²) in [6.07, 6.45) is 4.90. The Morgan fingerprint density at radius 2 is 0.593 bits per heavy atom. The molecule has 4 nitrogen and oxygen atoms in total. The van der Waals surface area contributed by atoms with Crippen molar-refractivity contribution in [1.82, 2.24) is 4.57 Å². The van der Waals surface area contributed by atoms with Gasteiger partial charge >= 0.3 is 0 Å². The molecule has 1 aliphatic carbocycles. The Hall–Kier alpha value is -13.2. The van der Waals surface area contributed by atoms with E-state index in [4.69, 9.17) is 0 Å². The van der Waals surface area contributed by atoms with Gasteiger partial charge in [0.2, 0.25) is 0 Å². The molecule has 21 rings (SSSR count). The molecule has 4 heterocycles. The van der Waals surface area contributed by atoms with Gasteiger partial charge in [-0.15, -0.1) is 0 Å². The maximum atomic E-state index is 2.87. The third-order valence-corrected chi connectivity index (χ3v) is 27.4. The number of hydrogen-bond donors (Lipinski definition) is 0. The van der Waals surface area contributed by atoms with Gasteiger partial charge in [-0.2, -0.15) is 0 Å². The van der Waals surface area contributed by atoms with Gasteiger partial charge in [0.25, 0.3) is 6.71 Å². The molecule has 0 amide bonds. The Morgan fingerprint density at radius 3 is 0.967 bits per heavy atom. The molecule has 0 radical (unpaired) electrons. The first-order chi connectivity index (χ1) is 59.7. The van der Waals surface area contributed by atoms with E-state index >= 15 is 0 Å². The lowest BCUT2D eigenvalue weighted by atomic mass is 9.33. The van der Waals surface area contributed by atoms with Crippen LogP contribution in [0, 0.1) is 11.8 Å². The van der Waals surface area contributed by atoms with Crippen molar-refractivity contribution in [2.75, 3.05) is 14.7 Å². The van der Waals surface area contributed by atoms with Crippen molar-refractivity contribution in [2.24, 2.45) is 11.8 Å². The number of benzene rings is 16. The highest BCUT2D eigenvalue weighted by Gasteiger charge is 2.47. The van der Waals surface area contributed by atoms with Gasteiger partial charge in [-0.05, 0) is 257 Å². The average Bonchev–Trinajstić information content (AvgIpc) is 0.728. The lowest BCUT2D eigenvalue weighted by Gasteiger charge is -2.51. The molecule has 1 saturated heterocycles. The van der Waals surface area contributed by atoms with Crippen molar-refractivity contribution < 1.29 is 0 Å². The molecule has 5 heteroatoms. The molecule has 1 aromatic heterocycles. The second kappa shape index (κ2) is 30.4. The van der Waals surface area contributed by atoms with Crippen LogP contribution in [0.2, 0.25) is 0 Å². The minimum Gasteiger partial charge on any atom is -0.366 e. The maximum Gasteiger partial charge on any atom is 0.252 e. The fraction of sp³-hybridized carbons (Fsp3) is 0.186. The molecule has 600 valence electrons. The van der Waals surface area contributed by atoms with Crippen LogP contribution in [-0.2, 0) is 16.2 Å². The molecular weight excluding hydrogens is 1480 g/mol. The van der Waals surface area contributed by atoms with Crippen LogP contribution < -0.4 is 31.1 Å². The highest BCUT2D eigenvalue weighted by molar-refractivity contribution is 7.00. The van der Waals surface area contributed by atoms with E-state index in [0.29, 0.717) is 18.0 Å². The quantitative estimate of drug-likeness (QED) is 0.107. The van der Waals surface area contributed by atoms with Crippen LogP contribution in [0.4, 0.5) is 39.8 Å². The molecule has 2 bridgehead atoms. The molecule has 4 atom stereocenters. The molecule has 4 unspecified atom stereocenters. The van der Waals surface area contributed by atoms with E-state index in [9.17, 15) is 0 Å². The zero-order valence-electron chi connectivity index (χ0n) is 72.6. The number of fused-ring (bicyclic) bond motifs is 9. The van der Waals surface area contributed by atoms with Gasteiger partial charge in [-0.1, -0.05) is 348 Å². The number of nitrogens with zero attached hydrogens (tertiary/aromatic N) is 4. The van der Waals surface area contributed by atoms with Gasteiger partial charge in [0, 0.05) is 79.2 Å². The molecule has 1 saturated carbocycles. The Morgan fingerprint density at radius 1 is 0.268 bits per heavy atom. The second-order valence-electron chi connectivity index (χ2n) is 38.7. The topological polar surface area (TPSA) is 14.7 Å². The fourth-order valence-electron chi connectivity index (χ4n) is 21.3. The van der Waals surface area contributed by atoms with Crippen molar-refractivity contribution in [2.45, 2.75) is 130 Å². The lowest BCUT2D eigenvalue weighted by Crippen LogP contribution is -2.61. The monoisotopic (exact) mass is 1590 g/mol. The predicted molar refractivity (Wildman–Crippen MR) is 527 cm³/mol. The van der Waals surface area contributed by atoms with Gasteiger partial charge in [-0.25, -0.2) is 0 Å². The van der Waals surface area contributed by atoms with E-state index in [0.717, 1.165) is 123 Å². The van der Waals surface area contributed by atoms with E-state index < -0.39 is 0 Å². The molecule has 16 aromatic carbocycles. The standard InChI is InChI=1S/C118H105BN4/c1-76-62-78-64-77(2)120(98(63-76)65-78)96-56-58-105-109(74-96)122(114-99(84-34-22-14-23-35-84)68-90(79-30-18-12-19-31-79)69-100(114)85-36-24-15-25-37-85)111-72-92(83-46-54-95(55-47-83)118(9,10)11)73-112-113(111)119(105)106-59-57-97(75-110(106)123(112)115-101(86-38-26-16-27-39-86)70-91(80-32-20-13-21-33-80)71-102(115)87-40-28-17-29-41-87)121-107-60-48-88(81-42-50-93(51-43-81)116(3,4)5)66-103(107)104-67-89(49-61-108(104)121)82-44-52-94(53-45-82)117(6,7)8/h12-61,66-78,98H,62-65H2,1-11H3. The maximum absolute atomic E-state index is 2.87. The summed E-state index contributed by atoms with van der Waals surface area (Å²) in [5.41, 5.74) is 40.0. The van der Waals surface area contributed by atoms with E-state index in [2.05, 4.69) is 459 Å². The van der Waals surface area contributed by atoms with Gasteiger partial charge < -0.3 is 19.3 Å². The SMILES string of the molecule is CC1CC2CC(C)N(c3ccc4c(c3)N(c3c(-c5ccccc5)cc(-c5ccccc5)cc3-c3ccccc3)c3cc(-c5ccc(C(C)(C)C)cc5)cc5c3B4c3ccc(-n4c6ccc(-c7ccc(C(C)(C)C)cc7)cc6c6cc(-c7ccc(C(C)(C)C)cc7)ccc64)cc3N5c3c(-c4ccccc4)cc(-c4ccccc4)cc3-c3ccccc3)C(C1)C2. The van der Waals surface area contributed by atoms with Crippen molar-refractivity contribution in [3.63, 3.8) is 0 Å². The third-order valence-electron chi connectivity index (χ3n) is 27.4. The number of hydrogen-bond acceptors (Lipinski definition) is 3. The Kier molecular flexibility index (Phi) is 19.1. The summed E-state index contributed by atoms with van der Waals surface area (Å²) in [6.45, 7) is 25.6.